The maximum absolute atomic E-state index is 12.5. The van der Waals surface area contributed by atoms with Crippen molar-refractivity contribution in [1.29, 1.82) is 0 Å². The van der Waals surface area contributed by atoms with Crippen LogP contribution in [0.3, 0.4) is 0 Å². The molecule has 3 aliphatic rings. The summed E-state index contributed by atoms with van der Waals surface area (Å²) in [6, 6.07) is 4.24. The van der Waals surface area contributed by atoms with E-state index in [1.54, 1.807) is 30.1 Å². The summed E-state index contributed by atoms with van der Waals surface area (Å²) < 4.78 is 11.0. The number of urea groups is 1. The van der Waals surface area contributed by atoms with Gasteiger partial charge in [0, 0.05) is 38.8 Å². The molecular formula is C18H21N5O5. The molecule has 0 bridgehead atoms. The summed E-state index contributed by atoms with van der Waals surface area (Å²) in [5.74, 6) is 0.733. The molecule has 0 aromatic heterocycles. The van der Waals surface area contributed by atoms with Gasteiger partial charge in [-0.05, 0) is 12.1 Å². The fourth-order valence-corrected chi connectivity index (χ4v) is 3.47. The molecule has 4 amide bonds. The van der Waals surface area contributed by atoms with Gasteiger partial charge in [0.25, 0.3) is 5.91 Å². The molecule has 4 rings (SSSR count). The van der Waals surface area contributed by atoms with Gasteiger partial charge in [0.15, 0.2) is 23.7 Å². The van der Waals surface area contributed by atoms with Gasteiger partial charge in [-0.1, -0.05) is 0 Å². The molecule has 1 N–H and O–H groups in total. The van der Waals surface area contributed by atoms with Gasteiger partial charge >= 0.3 is 6.03 Å². The number of rotatable bonds is 4. The molecule has 10 heteroatoms. The molecular weight excluding hydrogens is 366 g/mol. The number of carbonyl (C=O) groups excluding carboxylic acids is 3. The van der Waals surface area contributed by atoms with Crippen LogP contribution in [0, 0.1) is 0 Å². The summed E-state index contributed by atoms with van der Waals surface area (Å²) in [7, 11) is 3.06. The zero-order valence-electron chi connectivity index (χ0n) is 15.6. The van der Waals surface area contributed by atoms with E-state index in [0.717, 1.165) is 4.90 Å². The predicted octanol–water partition coefficient (Wildman–Crippen LogP) is 0.349. The highest BCUT2D eigenvalue weighted by atomic mass is 16.6. The third-order valence-corrected chi connectivity index (χ3v) is 5.00. The number of imide groups is 1. The van der Waals surface area contributed by atoms with E-state index in [-0.39, 0.29) is 24.3 Å². The van der Waals surface area contributed by atoms with Crippen molar-refractivity contribution in [3.8, 4) is 11.5 Å². The van der Waals surface area contributed by atoms with Crippen LogP contribution in [0.15, 0.2) is 23.2 Å². The standard InChI is InChI=1S/C18H21N5O5/c1-21-16-15(17(25)22(2)18(21)26)23(10-19-16)6-5-14(24)20-11-3-4-12-13(9-11)28-8-7-27-12/h3-4,9-10,15-16H,5-8H2,1-2H3,(H,20,24). The molecule has 1 aromatic rings. The maximum atomic E-state index is 12.5. The molecule has 0 aliphatic carbocycles. The topological polar surface area (TPSA) is 104 Å². The van der Waals surface area contributed by atoms with Crippen molar-refractivity contribution >= 4 is 29.9 Å². The highest BCUT2D eigenvalue weighted by Crippen LogP contribution is 2.32. The molecule has 1 aromatic carbocycles. The minimum atomic E-state index is -0.602. The van der Waals surface area contributed by atoms with Gasteiger partial charge in [-0.15, -0.1) is 0 Å². The normalized spacial score (nSPS) is 23.1. The lowest BCUT2D eigenvalue weighted by Gasteiger charge is -2.39. The second kappa shape index (κ2) is 7.02. The third kappa shape index (κ3) is 3.10. The first-order chi connectivity index (χ1) is 13.5. The van der Waals surface area contributed by atoms with Crippen molar-refractivity contribution < 1.29 is 23.9 Å². The van der Waals surface area contributed by atoms with Gasteiger partial charge in [-0.25, -0.2) is 9.79 Å². The van der Waals surface area contributed by atoms with Crippen LogP contribution >= 0.6 is 0 Å². The van der Waals surface area contributed by atoms with Crippen LogP contribution in [0.1, 0.15) is 6.42 Å². The lowest BCUT2D eigenvalue weighted by molar-refractivity contribution is -0.136. The summed E-state index contributed by atoms with van der Waals surface area (Å²) in [4.78, 5) is 45.3. The molecule has 28 heavy (non-hydrogen) atoms. The first-order valence-electron chi connectivity index (χ1n) is 8.98. The zero-order chi connectivity index (χ0) is 19.8. The van der Waals surface area contributed by atoms with Crippen molar-refractivity contribution in [2.45, 2.75) is 18.6 Å². The molecule has 1 saturated heterocycles. The molecule has 2 unspecified atom stereocenters. The quantitative estimate of drug-likeness (QED) is 0.800. The number of hydrogen-bond donors (Lipinski definition) is 1. The number of fused-ring (bicyclic) bond motifs is 2. The van der Waals surface area contributed by atoms with E-state index in [1.807, 2.05) is 0 Å². The van der Waals surface area contributed by atoms with Crippen molar-refractivity contribution in [2.75, 3.05) is 39.2 Å². The molecule has 1 fully saturated rings. The van der Waals surface area contributed by atoms with Gasteiger partial charge in [-0.3, -0.25) is 14.5 Å². The van der Waals surface area contributed by atoms with Crippen LogP contribution in [-0.2, 0) is 9.59 Å². The highest BCUT2D eigenvalue weighted by molar-refractivity contribution is 6.01. The third-order valence-electron chi connectivity index (χ3n) is 5.00. The van der Waals surface area contributed by atoms with Crippen LogP contribution < -0.4 is 14.8 Å². The number of hydrogen-bond acceptors (Lipinski definition) is 7. The number of benzene rings is 1. The fourth-order valence-electron chi connectivity index (χ4n) is 3.47. The Hall–Kier alpha value is -3.30. The zero-order valence-corrected chi connectivity index (χ0v) is 15.6. The monoisotopic (exact) mass is 387 g/mol. The Morgan fingerprint density at radius 1 is 1.21 bits per heavy atom. The van der Waals surface area contributed by atoms with E-state index in [9.17, 15) is 14.4 Å². The second-order valence-corrected chi connectivity index (χ2v) is 6.81. The van der Waals surface area contributed by atoms with Crippen molar-refractivity contribution in [2.24, 2.45) is 4.99 Å². The van der Waals surface area contributed by atoms with Crippen molar-refractivity contribution in [3.05, 3.63) is 18.2 Å². The number of aliphatic imine (C=N–C) groups is 1. The molecule has 148 valence electrons. The van der Waals surface area contributed by atoms with Crippen LogP contribution in [0.25, 0.3) is 0 Å². The van der Waals surface area contributed by atoms with Crippen LogP contribution in [0.2, 0.25) is 0 Å². The Bertz CT molecular complexity index is 857. The minimum absolute atomic E-state index is 0.165. The number of likely N-dealkylation sites (N-methyl/N-ethyl adjacent to an activating group) is 2. The van der Waals surface area contributed by atoms with E-state index in [1.165, 1.54) is 18.3 Å². The molecule has 2 atom stereocenters. The summed E-state index contributed by atoms with van der Waals surface area (Å²) in [5.41, 5.74) is 0.612. The smallest absolute Gasteiger partial charge is 0.328 e. The number of ether oxygens (including phenoxy) is 2. The van der Waals surface area contributed by atoms with Crippen LogP contribution in [0.5, 0.6) is 11.5 Å². The number of carbonyl (C=O) groups is 3. The summed E-state index contributed by atoms with van der Waals surface area (Å²) in [6.45, 7) is 1.29. The van der Waals surface area contributed by atoms with E-state index in [2.05, 4.69) is 10.3 Å². The van der Waals surface area contributed by atoms with E-state index < -0.39 is 12.2 Å². The lowest BCUT2D eigenvalue weighted by atomic mass is 10.1. The summed E-state index contributed by atoms with van der Waals surface area (Å²) in [5, 5.41) is 2.82. The van der Waals surface area contributed by atoms with Gasteiger partial charge in [0.2, 0.25) is 5.91 Å². The Kier molecular flexibility index (Phi) is 4.54. The molecule has 0 saturated carbocycles. The van der Waals surface area contributed by atoms with Gasteiger partial charge in [-0.2, -0.15) is 0 Å². The van der Waals surface area contributed by atoms with E-state index in [0.29, 0.717) is 36.9 Å². The van der Waals surface area contributed by atoms with Crippen LogP contribution in [0.4, 0.5) is 10.5 Å². The molecule has 0 spiro atoms. The maximum Gasteiger partial charge on any atom is 0.328 e. The van der Waals surface area contributed by atoms with Gasteiger partial charge < -0.3 is 24.6 Å². The Morgan fingerprint density at radius 2 is 1.96 bits per heavy atom. The first-order valence-corrected chi connectivity index (χ1v) is 8.98. The fraction of sp³-hybridized carbons (Fsp3) is 0.444. The number of nitrogens with one attached hydrogen (secondary N) is 1. The second-order valence-electron chi connectivity index (χ2n) is 6.81. The number of anilines is 1. The van der Waals surface area contributed by atoms with Crippen LogP contribution in [-0.4, -0.2) is 84.9 Å². The molecule has 3 aliphatic heterocycles. The van der Waals surface area contributed by atoms with E-state index in [4.69, 9.17) is 9.47 Å². The Balaban J connectivity index is 1.36. The average molecular weight is 387 g/mol. The van der Waals surface area contributed by atoms with Crippen molar-refractivity contribution in [3.63, 3.8) is 0 Å². The molecule has 10 nitrogen and oxygen atoms in total. The van der Waals surface area contributed by atoms with Crippen molar-refractivity contribution in [1.82, 2.24) is 14.7 Å². The van der Waals surface area contributed by atoms with E-state index >= 15 is 0 Å². The highest BCUT2D eigenvalue weighted by Gasteiger charge is 2.48. The average Bonchev–Trinajstić information content (AvgIpc) is 3.13. The predicted molar refractivity (Wildman–Crippen MR) is 99.4 cm³/mol. The minimum Gasteiger partial charge on any atom is -0.486 e. The number of amides is 4. The summed E-state index contributed by atoms with van der Waals surface area (Å²) >= 11 is 0. The Labute approximate surface area is 161 Å². The molecule has 0 radical (unpaired) electrons. The van der Waals surface area contributed by atoms with Gasteiger partial charge in [0.1, 0.15) is 13.2 Å². The lowest BCUT2D eigenvalue weighted by Crippen LogP contribution is -2.63. The summed E-state index contributed by atoms with van der Waals surface area (Å²) in [6.07, 6.45) is 1.14. The SMILES string of the molecule is CN1C(=O)C2C(N=CN2CCC(=O)Nc2ccc3c(c2)OCCO3)N(C)C1=O. The number of nitrogens with zero attached hydrogens (tertiary/aromatic N) is 4. The largest absolute Gasteiger partial charge is 0.486 e. The van der Waals surface area contributed by atoms with Gasteiger partial charge in [0.05, 0.1) is 6.34 Å². The molecule has 3 heterocycles. The first kappa shape index (κ1) is 18.1. The Morgan fingerprint density at radius 3 is 2.75 bits per heavy atom.